The fourth-order valence-corrected chi connectivity index (χ4v) is 7.03. The molecule has 3 N–H and O–H groups in total. The second kappa shape index (κ2) is 39.2. The molecular formula is C41H83O9P. The Hall–Kier alpha value is -0.540. The first kappa shape index (κ1) is 50.5. The van der Waals surface area contributed by atoms with Gasteiger partial charge >= 0.3 is 13.8 Å². The van der Waals surface area contributed by atoms with Crippen molar-refractivity contribution in [2.75, 3.05) is 33.0 Å². The molecule has 0 heterocycles. The van der Waals surface area contributed by atoms with Crippen molar-refractivity contribution in [2.45, 2.75) is 225 Å². The highest BCUT2D eigenvalue weighted by molar-refractivity contribution is 7.47. The lowest BCUT2D eigenvalue weighted by molar-refractivity contribution is -0.154. The summed E-state index contributed by atoms with van der Waals surface area (Å²) < 4.78 is 33.2. The van der Waals surface area contributed by atoms with Gasteiger partial charge in [0.1, 0.15) is 12.2 Å². The van der Waals surface area contributed by atoms with E-state index in [1.54, 1.807) is 0 Å². The maximum atomic E-state index is 12.6. The SMILES string of the molecule is CCCCCCCCCCCCCCCCCCCCCCCCC(=O)OC(COCCCCCCCCCC)COP(=O)(O)OCC(O)CO. The van der Waals surface area contributed by atoms with Crippen LogP contribution in [-0.2, 0) is 27.9 Å². The molecule has 3 unspecified atom stereocenters. The number of hydrogen-bond acceptors (Lipinski definition) is 8. The van der Waals surface area contributed by atoms with Crippen LogP contribution in [0.1, 0.15) is 213 Å². The monoisotopic (exact) mass is 751 g/mol. The molecule has 0 aromatic carbocycles. The standard InChI is InChI=1S/C41H83O9P/c1-3-5-7-9-11-13-14-15-16-17-18-19-20-21-22-23-24-25-26-27-29-31-33-41(44)50-40(38-49-51(45,46)48-36-39(43)35-42)37-47-34-32-30-28-12-10-8-6-4-2/h39-40,42-43H,3-38H2,1-2H3,(H,45,46). The molecule has 0 aliphatic carbocycles. The van der Waals surface area contributed by atoms with Crippen molar-refractivity contribution in [3.05, 3.63) is 0 Å². The van der Waals surface area contributed by atoms with E-state index in [4.69, 9.17) is 23.6 Å². The fraction of sp³-hybridized carbons (Fsp3) is 0.976. The molecule has 0 saturated carbocycles. The van der Waals surface area contributed by atoms with Crippen molar-refractivity contribution in [3.8, 4) is 0 Å². The van der Waals surface area contributed by atoms with E-state index >= 15 is 0 Å². The van der Waals surface area contributed by atoms with Crippen LogP contribution in [-0.4, -0.2) is 66.3 Å². The van der Waals surface area contributed by atoms with E-state index < -0.39 is 33.2 Å². The minimum Gasteiger partial charge on any atom is -0.457 e. The highest BCUT2D eigenvalue weighted by atomic mass is 31.2. The number of aliphatic hydroxyl groups is 2. The van der Waals surface area contributed by atoms with E-state index in [-0.39, 0.29) is 25.6 Å². The average Bonchev–Trinajstić information content (AvgIpc) is 3.12. The number of phosphoric ester groups is 1. The summed E-state index contributed by atoms with van der Waals surface area (Å²) in [6, 6.07) is 0. The van der Waals surface area contributed by atoms with Crippen LogP contribution >= 0.6 is 7.82 Å². The van der Waals surface area contributed by atoms with E-state index in [1.165, 1.54) is 161 Å². The van der Waals surface area contributed by atoms with Crippen molar-refractivity contribution < 1.29 is 43.0 Å². The predicted octanol–water partition coefficient (Wildman–Crippen LogP) is 11.5. The molecule has 51 heavy (non-hydrogen) atoms. The number of hydrogen-bond donors (Lipinski definition) is 3. The molecule has 0 saturated heterocycles. The number of phosphoric acid groups is 1. The van der Waals surface area contributed by atoms with Crippen molar-refractivity contribution in [1.29, 1.82) is 0 Å². The number of carbonyl (C=O) groups excluding carboxylic acids is 1. The summed E-state index contributed by atoms with van der Waals surface area (Å²) in [5.41, 5.74) is 0. The van der Waals surface area contributed by atoms with Gasteiger partial charge in [0.25, 0.3) is 0 Å². The van der Waals surface area contributed by atoms with Crippen molar-refractivity contribution >= 4 is 13.8 Å². The summed E-state index contributed by atoms with van der Waals surface area (Å²) in [4.78, 5) is 22.5. The van der Waals surface area contributed by atoms with Gasteiger partial charge in [-0.25, -0.2) is 4.57 Å². The molecule has 3 atom stereocenters. The Bertz CT molecular complexity index is 769. The highest BCUT2D eigenvalue weighted by Crippen LogP contribution is 2.43. The van der Waals surface area contributed by atoms with Gasteiger partial charge in [-0.3, -0.25) is 13.8 Å². The van der Waals surface area contributed by atoms with Gasteiger partial charge in [-0.1, -0.05) is 194 Å². The van der Waals surface area contributed by atoms with Gasteiger partial charge in [-0.2, -0.15) is 0 Å². The Morgan fingerprint density at radius 1 is 0.529 bits per heavy atom. The molecular weight excluding hydrogens is 667 g/mol. The molecule has 0 aromatic rings. The highest BCUT2D eigenvalue weighted by Gasteiger charge is 2.26. The summed E-state index contributed by atoms with van der Waals surface area (Å²) in [6.45, 7) is 3.54. The van der Waals surface area contributed by atoms with Crippen LogP contribution in [0.4, 0.5) is 0 Å². The largest absolute Gasteiger partial charge is 0.472 e. The quantitative estimate of drug-likeness (QED) is 0.0317. The smallest absolute Gasteiger partial charge is 0.457 e. The predicted molar refractivity (Wildman–Crippen MR) is 210 cm³/mol. The first-order chi connectivity index (χ1) is 24.8. The van der Waals surface area contributed by atoms with Crippen LogP contribution in [0.25, 0.3) is 0 Å². The maximum Gasteiger partial charge on any atom is 0.472 e. The van der Waals surface area contributed by atoms with Crippen LogP contribution in [0.15, 0.2) is 0 Å². The number of unbranched alkanes of at least 4 members (excludes halogenated alkanes) is 28. The summed E-state index contributed by atoms with van der Waals surface area (Å²) in [5.74, 6) is -0.378. The van der Waals surface area contributed by atoms with Gasteiger partial charge in [0.2, 0.25) is 0 Å². The molecule has 9 nitrogen and oxygen atoms in total. The molecule has 0 aliphatic rings. The summed E-state index contributed by atoms with van der Waals surface area (Å²) in [7, 11) is -4.50. The van der Waals surface area contributed by atoms with Gasteiger partial charge in [-0.15, -0.1) is 0 Å². The minimum absolute atomic E-state index is 0.0564. The van der Waals surface area contributed by atoms with Gasteiger partial charge in [0.15, 0.2) is 0 Å². The molecule has 306 valence electrons. The van der Waals surface area contributed by atoms with Gasteiger partial charge in [0.05, 0.1) is 26.4 Å². The van der Waals surface area contributed by atoms with E-state index in [0.29, 0.717) is 6.61 Å². The van der Waals surface area contributed by atoms with Gasteiger partial charge in [0, 0.05) is 13.0 Å². The first-order valence-corrected chi connectivity index (χ1v) is 23.0. The molecule has 0 aromatic heterocycles. The van der Waals surface area contributed by atoms with Gasteiger partial charge in [-0.05, 0) is 12.8 Å². The lowest BCUT2D eigenvalue weighted by atomic mass is 10.0. The Morgan fingerprint density at radius 3 is 1.27 bits per heavy atom. The Balaban J connectivity index is 3.96. The number of ether oxygens (including phenoxy) is 2. The molecule has 0 aliphatic heterocycles. The minimum atomic E-state index is -4.50. The molecule has 0 spiro atoms. The molecule has 0 radical (unpaired) electrons. The second-order valence-electron chi connectivity index (χ2n) is 14.7. The van der Waals surface area contributed by atoms with Crippen molar-refractivity contribution in [1.82, 2.24) is 0 Å². The average molecular weight is 751 g/mol. The van der Waals surface area contributed by atoms with Crippen molar-refractivity contribution in [2.24, 2.45) is 0 Å². The third kappa shape index (κ3) is 39.0. The van der Waals surface area contributed by atoms with Gasteiger partial charge < -0.3 is 24.6 Å². The molecule has 0 fully saturated rings. The third-order valence-corrected chi connectivity index (χ3v) is 10.5. The summed E-state index contributed by atoms with van der Waals surface area (Å²) >= 11 is 0. The van der Waals surface area contributed by atoms with Crippen LogP contribution in [0.2, 0.25) is 0 Å². The third-order valence-electron chi connectivity index (χ3n) is 9.54. The number of carbonyl (C=O) groups is 1. The molecule has 0 amide bonds. The number of rotatable bonds is 42. The van der Waals surface area contributed by atoms with Crippen LogP contribution in [0.3, 0.4) is 0 Å². The fourth-order valence-electron chi connectivity index (χ4n) is 6.24. The lowest BCUT2D eigenvalue weighted by Gasteiger charge is -2.20. The zero-order valence-corrected chi connectivity index (χ0v) is 34.2. The van der Waals surface area contributed by atoms with Crippen LogP contribution < -0.4 is 0 Å². The Labute approximate surface area is 314 Å². The first-order valence-electron chi connectivity index (χ1n) is 21.5. The zero-order chi connectivity index (χ0) is 37.5. The van der Waals surface area contributed by atoms with Crippen LogP contribution in [0.5, 0.6) is 0 Å². The maximum absolute atomic E-state index is 12.6. The normalized spacial score (nSPS) is 14.1. The topological polar surface area (TPSA) is 132 Å². The van der Waals surface area contributed by atoms with E-state index in [9.17, 15) is 19.4 Å². The van der Waals surface area contributed by atoms with Crippen LogP contribution in [0, 0.1) is 0 Å². The Kier molecular flexibility index (Phi) is 38.7. The molecule has 10 heteroatoms. The molecule has 0 rings (SSSR count). The zero-order valence-electron chi connectivity index (χ0n) is 33.3. The second-order valence-corrected chi connectivity index (χ2v) is 16.2. The summed E-state index contributed by atoms with van der Waals surface area (Å²) in [6.07, 6.45) is 36.5. The van der Waals surface area contributed by atoms with Crippen molar-refractivity contribution in [3.63, 3.8) is 0 Å². The lowest BCUT2D eigenvalue weighted by Crippen LogP contribution is -2.29. The number of esters is 1. The summed E-state index contributed by atoms with van der Waals surface area (Å²) in [5, 5.41) is 18.3. The van der Waals surface area contributed by atoms with E-state index in [2.05, 4.69) is 13.8 Å². The van der Waals surface area contributed by atoms with E-state index in [1.807, 2.05) is 0 Å². The Morgan fingerprint density at radius 2 is 0.882 bits per heavy atom. The number of aliphatic hydroxyl groups excluding tert-OH is 2. The molecule has 0 bridgehead atoms. The van der Waals surface area contributed by atoms with E-state index in [0.717, 1.165) is 32.1 Å².